The Hall–Kier alpha value is -3.84. The minimum atomic E-state index is -0.430. The highest BCUT2D eigenvalue weighted by atomic mass is 16.1. The van der Waals surface area contributed by atoms with Crippen LogP contribution in [0.2, 0.25) is 0 Å². The van der Waals surface area contributed by atoms with Crippen molar-refractivity contribution in [3.05, 3.63) is 113 Å². The zero-order valence-corrected chi connectivity index (χ0v) is 15.6. The number of amides is 1. The Kier molecular flexibility index (Phi) is 6.22. The second-order valence-corrected chi connectivity index (χ2v) is 6.41. The second-order valence-electron chi connectivity index (χ2n) is 6.41. The SMILES string of the molecule is Cc1cccc(N/C=C(/C#N)C(=O)NC(c2ccccc2)c2ccccc2)c1. The fourth-order valence-electron chi connectivity index (χ4n) is 2.90. The van der Waals surface area contributed by atoms with Crippen LogP contribution in [0.4, 0.5) is 5.69 Å². The summed E-state index contributed by atoms with van der Waals surface area (Å²) in [5.74, 6) is -0.430. The number of hydrogen-bond acceptors (Lipinski definition) is 3. The predicted octanol–water partition coefficient (Wildman–Crippen LogP) is 4.72. The van der Waals surface area contributed by atoms with Gasteiger partial charge in [0.1, 0.15) is 11.6 Å². The van der Waals surface area contributed by atoms with E-state index in [-0.39, 0.29) is 11.6 Å². The van der Waals surface area contributed by atoms with Crippen molar-refractivity contribution in [1.29, 1.82) is 5.26 Å². The number of hydrogen-bond donors (Lipinski definition) is 2. The number of anilines is 1. The lowest BCUT2D eigenvalue weighted by molar-refractivity contribution is -0.117. The van der Waals surface area contributed by atoms with Crippen LogP contribution in [0.5, 0.6) is 0 Å². The van der Waals surface area contributed by atoms with Gasteiger partial charge in [-0.25, -0.2) is 0 Å². The van der Waals surface area contributed by atoms with Crippen molar-refractivity contribution in [2.24, 2.45) is 0 Å². The van der Waals surface area contributed by atoms with Crippen LogP contribution in [0.25, 0.3) is 0 Å². The van der Waals surface area contributed by atoms with Crippen LogP contribution in [0.3, 0.4) is 0 Å². The van der Waals surface area contributed by atoms with Crippen molar-refractivity contribution in [3.8, 4) is 6.07 Å². The summed E-state index contributed by atoms with van der Waals surface area (Å²) in [6, 6.07) is 28.8. The molecule has 0 heterocycles. The summed E-state index contributed by atoms with van der Waals surface area (Å²) in [5.41, 5.74) is 3.83. The van der Waals surface area contributed by atoms with Crippen molar-refractivity contribution in [1.82, 2.24) is 5.32 Å². The lowest BCUT2D eigenvalue weighted by Gasteiger charge is -2.19. The van der Waals surface area contributed by atoms with Gasteiger partial charge in [0.05, 0.1) is 6.04 Å². The van der Waals surface area contributed by atoms with Gasteiger partial charge in [-0.1, -0.05) is 72.8 Å². The number of nitrogens with zero attached hydrogens (tertiary/aromatic N) is 1. The molecule has 0 aliphatic carbocycles. The lowest BCUT2D eigenvalue weighted by Crippen LogP contribution is -2.30. The maximum atomic E-state index is 12.8. The first-order chi connectivity index (χ1) is 13.7. The maximum Gasteiger partial charge on any atom is 0.264 e. The van der Waals surface area contributed by atoms with E-state index in [0.29, 0.717) is 0 Å². The number of aryl methyl sites for hydroxylation is 1. The van der Waals surface area contributed by atoms with E-state index in [2.05, 4.69) is 10.6 Å². The minimum Gasteiger partial charge on any atom is -0.360 e. The number of carbonyl (C=O) groups excluding carboxylic acids is 1. The van der Waals surface area contributed by atoms with E-state index in [4.69, 9.17) is 0 Å². The first-order valence-electron chi connectivity index (χ1n) is 9.01. The maximum absolute atomic E-state index is 12.8. The van der Waals surface area contributed by atoms with Crippen LogP contribution in [0.1, 0.15) is 22.7 Å². The molecule has 0 saturated carbocycles. The Balaban J connectivity index is 1.82. The molecule has 0 saturated heterocycles. The Bertz CT molecular complexity index is 965. The molecule has 3 aromatic carbocycles. The molecule has 0 aromatic heterocycles. The van der Waals surface area contributed by atoms with Gasteiger partial charge in [0.15, 0.2) is 0 Å². The van der Waals surface area contributed by atoms with Gasteiger partial charge < -0.3 is 10.6 Å². The molecule has 1 amide bonds. The van der Waals surface area contributed by atoms with E-state index in [1.165, 1.54) is 6.20 Å². The van der Waals surface area contributed by atoms with E-state index >= 15 is 0 Å². The highest BCUT2D eigenvalue weighted by Gasteiger charge is 2.19. The van der Waals surface area contributed by atoms with Crippen LogP contribution >= 0.6 is 0 Å². The Morgan fingerprint density at radius 3 is 2.07 bits per heavy atom. The number of benzene rings is 3. The van der Waals surface area contributed by atoms with Gasteiger partial charge in [0.25, 0.3) is 5.91 Å². The summed E-state index contributed by atoms with van der Waals surface area (Å²) in [7, 11) is 0. The van der Waals surface area contributed by atoms with E-state index in [0.717, 1.165) is 22.4 Å². The number of nitriles is 1. The summed E-state index contributed by atoms with van der Waals surface area (Å²) in [5, 5.41) is 15.5. The van der Waals surface area contributed by atoms with Gasteiger partial charge in [-0.15, -0.1) is 0 Å². The summed E-state index contributed by atoms with van der Waals surface area (Å²) < 4.78 is 0. The van der Waals surface area contributed by atoms with Gasteiger partial charge >= 0.3 is 0 Å². The van der Waals surface area contributed by atoms with Gasteiger partial charge in [-0.2, -0.15) is 5.26 Å². The number of rotatable bonds is 6. The smallest absolute Gasteiger partial charge is 0.264 e. The number of carbonyl (C=O) groups is 1. The highest BCUT2D eigenvalue weighted by Crippen LogP contribution is 2.22. The minimum absolute atomic E-state index is 0.0124. The van der Waals surface area contributed by atoms with Gasteiger partial charge in [0, 0.05) is 11.9 Å². The second kappa shape index (κ2) is 9.20. The standard InChI is InChI=1S/C24H21N3O/c1-18-9-8-14-22(15-18)26-17-21(16-25)24(28)27-23(19-10-4-2-5-11-19)20-12-6-3-7-13-20/h2-15,17,23,26H,1H3,(H,27,28)/b21-17-. The van der Waals surface area contributed by atoms with Crippen LogP contribution in [-0.4, -0.2) is 5.91 Å². The molecule has 4 heteroatoms. The van der Waals surface area contributed by atoms with E-state index in [1.807, 2.05) is 97.9 Å². The summed E-state index contributed by atoms with van der Waals surface area (Å²) in [4.78, 5) is 12.8. The normalized spacial score (nSPS) is 11.0. The molecule has 0 bridgehead atoms. The molecule has 3 rings (SSSR count). The van der Waals surface area contributed by atoms with Crippen LogP contribution in [0, 0.1) is 18.3 Å². The molecular weight excluding hydrogens is 346 g/mol. The topological polar surface area (TPSA) is 64.9 Å². The molecule has 0 aliphatic heterocycles. The predicted molar refractivity (Wildman–Crippen MR) is 111 cm³/mol. The van der Waals surface area contributed by atoms with Crippen LogP contribution in [0.15, 0.2) is 96.7 Å². The number of nitrogens with one attached hydrogen (secondary N) is 2. The van der Waals surface area contributed by atoms with E-state index in [9.17, 15) is 10.1 Å². The van der Waals surface area contributed by atoms with Crippen molar-refractivity contribution in [2.45, 2.75) is 13.0 Å². The highest BCUT2D eigenvalue weighted by molar-refractivity contribution is 5.98. The monoisotopic (exact) mass is 367 g/mol. The molecule has 2 N–H and O–H groups in total. The quantitative estimate of drug-likeness (QED) is 0.489. The summed E-state index contributed by atoms with van der Waals surface area (Å²) in [6.45, 7) is 1.98. The molecule has 28 heavy (non-hydrogen) atoms. The van der Waals surface area contributed by atoms with Crippen molar-refractivity contribution in [2.75, 3.05) is 5.32 Å². The van der Waals surface area contributed by atoms with Gasteiger partial charge in [-0.05, 0) is 35.7 Å². The average molecular weight is 367 g/mol. The van der Waals surface area contributed by atoms with Crippen molar-refractivity contribution >= 4 is 11.6 Å². The van der Waals surface area contributed by atoms with Crippen LogP contribution in [-0.2, 0) is 4.79 Å². The summed E-state index contributed by atoms with van der Waals surface area (Å²) in [6.07, 6.45) is 1.44. The molecule has 0 radical (unpaired) electrons. The Morgan fingerprint density at radius 1 is 0.929 bits per heavy atom. The molecule has 0 unspecified atom stereocenters. The first kappa shape index (κ1) is 18.9. The Morgan fingerprint density at radius 2 is 1.54 bits per heavy atom. The van der Waals surface area contributed by atoms with Gasteiger partial charge in [-0.3, -0.25) is 4.79 Å². The largest absolute Gasteiger partial charge is 0.360 e. The lowest BCUT2D eigenvalue weighted by atomic mass is 9.98. The van der Waals surface area contributed by atoms with Crippen LogP contribution < -0.4 is 10.6 Å². The third-order valence-electron chi connectivity index (χ3n) is 4.31. The first-order valence-corrected chi connectivity index (χ1v) is 9.01. The third kappa shape index (κ3) is 4.87. The molecule has 138 valence electrons. The fraction of sp³-hybridized carbons (Fsp3) is 0.0833. The molecule has 0 spiro atoms. The van der Waals surface area contributed by atoms with E-state index in [1.54, 1.807) is 0 Å². The third-order valence-corrected chi connectivity index (χ3v) is 4.31. The average Bonchev–Trinajstić information content (AvgIpc) is 2.74. The zero-order chi connectivity index (χ0) is 19.8. The van der Waals surface area contributed by atoms with Gasteiger partial charge in [0.2, 0.25) is 0 Å². The van der Waals surface area contributed by atoms with E-state index < -0.39 is 5.91 Å². The molecule has 4 nitrogen and oxygen atoms in total. The summed E-state index contributed by atoms with van der Waals surface area (Å²) >= 11 is 0. The fourth-order valence-corrected chi connectivity index (χ4v) is 2.90. The molecular formula is C24H21N3O. The molecule has 3 aromatic rings. The molecule has 0 atom stereocenters. The Labute approximate surface area is 165 Å². The molecule has 0 aliphatic rings. The van der Waals surface area contributed by atoms with Crippen molar-refractivity contribution < 1.29 is 4.79 Å². The molecule has 0 fully saturated rings. The zero-order valence-electron chi connectivity index (χ0n) is 15.6. The van der Waals surface area contributed by atoms with Crippen molar-refractivity contribution in [3.63, 3.8) is 0 Å².